The fourth-order valence-corrected chi connectivity index (χ4v) is 2.58. The summed E-state index contributed by atoms with van der Waals surface area (Å²) in [5, 5.41) is 97.9. The van der Waals surface area contributed by atoms with Crippen LogP contribution in [0.3, 0.4) is 0 Å². The van der Waals surface area contributed by atoms with Crippen molar-refractivity contribution in [1.82, 2.24) is 0 Å². The van der Waals surface area contributed by atoms with Crippen molar-refractivity contribution in [3.8, 4) is 0 Å². The first kappa shape index (κ1) is 60.6. The maximum Gasteiger partial charge on any atom is 0.103 e. The first-order chi connectivity index (χ1) is 21.8. The van der Waals surface area contributed by atoms with Gasteiger partial charge in [0.15, 0.2) is 0 Å². The van der Waals surface area contributed by atoms with E-state index in [0.29, 0.717) is 5.92 Å². The molecule has 49 heavy (non-hydrogen) atoms. The van der Waals surface area contributed by atoms with Gasteiger partial charge in [-0.15, -0.1) is 0 Å². The molecule has 0 unspecified atom stereocenters. The van der Waals surface area contributed by atoms with E-state index in [1.165, 1.54) is 7.11 Å². The molecule has 12 heteroatoms. The van der Waals surface area contributed by atoms with Gasteiger partial charge in [-0.2, -0.15) is 0 Å². The van der Waals surface area contributed by atoms with Gasteiger partial charge in [0, 0.05) is 7.11 Å². The number of ether oxygens (including phenoxy) is 1. The predicted molar refractivity (Wildman–Crippen MR) is 200 cm³/mol. The second-order valence-corrected chi connectivity index (χ2v) is 15.7. The molecule has 12 nitrogen and oxygen atoms in total. The number of methoxy groups -OCH3 is 1. The van der Waals surface area contributed by atoms with Crippen molar-refractivity contribution in [3.05, 3.63) is 0 Å². The van der Waals surface area contributed by atoms with Crippen LogP contribution in [0.1, 0.15) is 124 Å². The lowest BCUT2D eigenvalue weighted by Gasteiger charge is -2.27. The van der Waals surface area contributed by atoms with Gasteiger partial charge in [-0.1, -0.05) is 90.0 Å². The van der Waals surface area contributed by atoms with Crippen molar-refractivity contribution in [2.75, 3.05) is 33.5 Å². The fraction of sp³-hybridized carbons (Fsp3) is 1.00. The smallest absolute Gasteiger partial charge is 0.103 e. The molecule has 0 aliphatic rings. The van der Waals surface area contributed by atoms with Crippen molar-refractivity contribution >= 4 is 0 Å². The minimum Gasteiger partial charge on any atom is -0.394 e. The van der Waals surface area contributed by atoms with Crippen molar-refractivity contribution < 1.29 is 60.9 Å². The average molecular weight is 723 g/mol. The van der Waals surface area contributed by atoms with Crippen LogP contribution in [0.5, 0.6) is 0 Å². The third-order valence-corrected chi connectivity index (χ3v) is 8.04. The molecule has 306 valence electrons. The van der Waals surface area contributed by atoms with Gasteiger partial charge in [0.1, 0.15) is 6.10 Å². The average Bonchev–Trinajstić information content (AvgIpc) is 3.00. The molecule has 0 heterocycles. The van der Waals surface area contributed by atoms with E-state index >= 15 is 0 Å². The molecule has 0 aliphatic carbocycles. The summed E-state index contributed by atoms with van der Waals surface area (Å²) in [4.78, 5) is 0. The molecule has 0 amide bonds. The Hall–Kier alpha value is -0.480. The molecular formula is C37H86O12. The molecule has 0 saturated carbocycles. The fourth-order valence-electron chi connectivity index (χ4n) is 2.58. The van der Waals surface area contributed by atoms with Gasteiger partial charge in [0.2, 0.25) is 0 Å². The van der Waals surface area contributed by atoms with Gasteiger partial charge in [0.25, 0.3) is 0 Å². The number of aliphatic hydroxyl groups is 11. The summed E-state index contributed by atoms with van der Waals surface area (Å²) in [6, 6.07) is 0. The zero-order valence-electron chi connectivity index (χ0n) is 34.7. The molecule has 0 aromatic rings. The summed E-state index contributed by atoms with van der Waals surface area (Å²) in [5.74, 6) is 1.02. The van der Waals surface area contributed by atoms with E-state index < -0.39 is 41.2 Å². The van der Waals surface area contributed by atoms with E-state index in [0.717, 1.165) is 6.42 Å². The number of hydrogen-bond acceptors (Lipinski definition) is 12. The third-order valence-electron chi connectivity index (χ3n) is 8.04. The van der Waals surface area contributed by atoms with Crippen LogP contribution in [0.4, 0.5) is 0 Å². The first-order valence-electron chi connectivity index (χ1n) is 17.7. The Morgan fingerprint density at radius 1 is 0.510 bits per heavy atom. The summed E-state index contributed by atoms with van der Waals surface area (Å²) in [6.45, 7) is 30.9. The zero-order valence-corrected chi connectivity index (χ0v) is 34.7. The SMILES string of the molecule is CC(C)[C@@](C)(O)CO.CC(C)[C@H](O)C(C)(C)O.CC(C)[C@H](O)CO.CC(C)[C@](C)(O)CO.CC[C@H](O)C(C)C.COC[C@H](O)[C@@H](O)C(C)C. The van der Waals surface area contributed by atoms with Gasteiger partial charge >= 0.3 is 0 Å². The van der Waals surface area contributed by atoms with Gasteiger partial charge in [-0.05, 0) is 69.6 Å². The molecule has 0 saturated heterocycles. The molecule has 0 fully saturated rings. The van der Waals surface area contributed by atoms with Crippen LogP contribution >= 0.6 is 0 Å². The highest BCUT2D eigenvalue weighted by molar-refractivity contribution is 4.78. The molecule has 0 rings (SSSR count). The predicted octanol–water partition coefficient (Wildman–Crippen LogP) is 2.97. The lowest BCUT2D eigenvalue weighted by molar-refractivity contribution is -0.0695. The van der Waals surface area contributed by atoms with E-state index in [9.17, 15) is 15.3 Å². The summed E-state index contributed by atoms with van der Waals surface area (Å²) in [6.07, 6.45) is -1.83. The monoisotopic (exact) mass is 723 g/mol. The van der Waals surface area contributed by atoms with Crippen molar-refractivity contribution in [2.45, 2.75) is 171 Å². The van der Waals surface area contributed by atoms with E-state index in [1.54, 1.807) is 27.7 Å². The Bertz CT molecular complexity index is 641. The highest BCUT2D eigenvalue weighted by Crippen LogP contribution is 2.16. The van der Waals surface area contributed by atoms with Crippen LogP contribution in [0.15, 0.2) is 0 Å². The third kappa shape index (κ3) is 38.6. The highest BCUT2D eigenvalue weighted by atomic mass is 16.5. The largest absolute Gasteiger partial charge is 0.394 e. The van der Waals surface area contributed by atoms with Gasteiger partial charge in [-0.3, -0.25) is 0 Å². The minimum absolute atomic E-state index is 0.0742. The Kier molecular flexibility index (Phi) is 39.8. The molecule has 0 bridgehead atoms. The summed E-state index contributed by atoms with van der Waals surface area (Å²) < 4.78 is 4.66. The van der Waals surface area contributed by atoms with Crippen LogP contribution in [-0.4, -0.2) is 137 Å². The molecule has 0 radical (unpaired) electrons. The first-order valence-corrected chi connectivity index (χ1v) is 17.7. The summed E-state index contributed by atoms with van der Waals surface area (Å²) in [7, 11) is 1.50. The van der Waals surface area contributed by atoms with Crippen LogP contribution in [0.2, 0.25) is 0 Å². The molecule has 0 aliphatic heterocycles. The molecule has 11 N–H and O–H groups in total. The van der Waals surface area contributed by atoms with Gasteiger partial charge < -0.3 is 60.9 Å². The van der Waals surface area contributed by atoms with Gasteiger partial charge in [0.05, 0.1) is 67.6 Å². The quantitative estimate of drug-likeness (QED) is 0.124. The maximum atomic E-state index is 9.21. The van der Waals surface area contributed by atoms with Crippen molar-refractivity contribution in [2.24, 2.45) is 35.5 Å². The van der Waals surface area contributed by atoms with Crippen LogP contribution < -0.4 is 0 Å². The summed E-state index contributed by atoms with van der Waals surface area (Å²) >= 11 is 0. The number of aliphatic hydroxyl groups excluding tert-OH is 8. The van der Waals surface area contributed by atoms with E-state index in [-0.39, 0.29) is 62.1 Å². The molecule has 7 atom stereocenters. The normalized spacial score (nSPS) is 17.0. The second kappa shape index (κ2) is 32.2. The molecular weight excluding hydrogens is 636 g/mol. The lowest BCUT2D eigenvalue weighted by Crippen LogP contribution is -2.39. The molecule has 0 spiro atoms. The standard InChI is InChI=1S/C7H16O3.C7H16O2.2C6H14O2.C6H14O.C5H12O2/c1-5(2)7(9)6(8)4-10-3;1-5(2)6(8)7(3,4)9;2*1-5(2)6(3,8)4-7;1-4-6(7)5(2)3;1-4(2)5(7)3-6/h5-9H,4H2,1-3H3;5-6,8-9H,1-4H3;2*5,7-8H,4H2,1-3H3;5-7H,4H2,1-3H3;4-7H,3H2,1-2H3/t6-,7-;4*6-;5-/m001001/s1. The van der Waals surface area contributed by atoms with E-state index in [2.05, 4.69) is 4.74 Å². The lowest BCUT2D eigenvalue weighted by atomic mass is 9.93. The van der Waals surface area contributed by atoms with E-state index in [1.807, 2.05) is 90.0 Å². The zero-order chi connectivity index (χ0) is 41.1. The molecule has 0 aromatic carbocycles. The second-order valence-electron chi connectivity index (χ2n) is 15.7. The van der Waals surface area contributed by atoms with E-state index in [4.69, 9.17) is 40.9 Å². The van der Waals surface area contributed by atoms with Crippen LogP contribution in [0.25, 0.3) is 0 Å². The van der Waals surface area contributed by atoms with Crippen molar-refractivity contribution in [3.63, 3.8) is 0 Å². The highest BCUT2D eigenvalue weighted by Gasteiger charge is 2.27. The maximum absolute atomic E-state index is 9.21. The number of rotatable bonds is 14. The topological polar surface area (TPSA) is 232 Å². The minimum atomic E-state index is -0.964. The van der Waals surface area contributed by atoms with Crippen LogP contribution in [-0.2, 0) is 4.74 Å². The van der Waals surface area contributed by atoms with Gasteiger partial charge in [-0.25, -0.2) is 0 Å². The Morgan fingerprint density at radius 2 is 0.837 bits per heavy atom. The van der Waals surface area contributed by atoms with Crippen LogP contribution in [0, 0.1) is 35.5 Å². The summed E-state index contributed by atoms with van der Waals surface area (Å²) in [5.41, 5.74) is -2.77. The Morgan fingerprint density at radius 3 is 0.898 bits per heavy atom. The Labute approximate surface area is 301 Å². The Balaban J connectivity index is -0.000000114. The molecule has 0 aromatic heterocycles. The number of hydrogen-bond donors (Lipinski definition) is 11. The van der Waals surface area contributed by atoms with Crippen molar-refractivity contribution in [1.29, 1.82) is 0 Å².